The first kappa shape index (κ1) is 23.4. The second kappa shape index (κ2) is 10.2. The van der Waals surface area contributed by atoms with E-state index in [4.69, 9.17) is 9.47 Å². The summed E-state index contributed by atoms with van der Waals surface area (Å²) in [4.78, 5) is 12.4. The molecule has 0 spiro atoms. The topological polar surface area (TPSA) is 97.3 Å². The second-order valence-electron chi connectivity index (χ2n) is 6.59. The van der Waals surface area contributed by atoms with Gasteiger partial charge in [0.1, 0.15) is 0 Å². The van der Waals surface area contributed by atoms with Gasteiger partial charge in [0.2, 0.25) is 10.0 Å². The molecule has 0 aromatic heterocycles. The van der Waals surface area contributed by atoms with Crippen LogP contribution in [0.25, 0.3) is 0 Å². The number of sulfonamides is 1. The van der Waals surface area contributed by atoms with Crippen molar-refractivity contribution in [1.82, 2.24) is 9.73 Å². The highest BCUT2D eigenvalue weighted by molar-refractivity contribution is 7.89. The van der Waals surface area contributed by atoms with E-state index in [-0.39, 0.29) is 11.4 Å². The summed E-state index contributed by atoms with van der Waals surface area (Å²) in [6, 6.07) is 11.8. The Labute approximate surface area is 177 Å². The number of ether oxygens (including phenoxy) is 2. The number of benzene rings is 2. The van der Waals surface area contributed by atoms with E-state index in [1.807, 2.05) is 19.9 Å². The average molecular weight is 434 g/mol. The molecule has 1 N–H and O–H groups in total. The molecule has 0 aliphatic carbocycles. The standard InChI is InChI=1S/C21H27N3O5S/c1-6-18(16-9-12-19(28-4)20(13-16)29-5)22-23-21(25)14-24(3)30(26,27)17-10-7-15(2)8-11-17/h7-13H,6,14H2,1-5H3,(H,23,25)/b22-18+. The number of aryl methyl sites for hydroxylation is 1. The summed E-state index contributed by atoms with van der Waals surface area (Å²) < 4.78 is 36.7. The van der Waals surface area contributed by atoms with E-state index in [0.717, 1.165) is 15.4 Å². The summed E-state index contributed by atoms with van der Waals surface area (Å²) in [6.45, 7) is 3.41. The number of methoxy groups -OCH3 is 2. The molecule has 9 heteroatoms. The molecule has 30 heavy (non-hydrogen) atoms. The number of amides is 1. The third-order valence-corrected chi connectivity index (χ3v) is 6.28. The van der Waals surface area contributed by atoms with E-state index in [9.17, 15) is 13.2 Å². The third kappa shape index (κ3) is 5.58. The first-order valence-corrected chi connectivity index (χ1v) is 10.8. The number of hydrogen-bond acceptors (Lipinski definition) is 6. The Morgan fingerprint density at radius 2 is 1.70 bits per heavy atom. The normalized spacial score (nSPS) is 12.0. The van der Waals surface area contributed by atoms with Crippen molar-refractivity contribution in [3.8, 4) is 11.5 Å². The number of likely N-dealkylation sites (N-methyl/N-ethyl adjacent to an activating group) is 1. The third-order valence-electron chi connectivity index (χ3n) is 4.46. The van der Waals surface area contributed by atoms with Gasteiger partial charge in [-0.25, -0.2) is 13.8 Å². The lowest BCUT2D eigenvalue weighted by molar-refractivity contribution is -0.121. The molecule has 162 valence electrons. The van der Waals surface area contributed by atoms with Gasteiger partial charge in [-0.1, -0.05) is 24.6 Å². The van der Waals surface area contributed by atoms with E-state index >= 15 is 0 Å². The van der Waals surface area contributed by atoms with Gasteiger partial charge < -0.3 is 9.47 Å². The lowest BCUT2D eigenvalue weighted by Crippen LogP contribution is -2.37. The molecule has 0 aliphatic rings. The van der Waals surface area contributed by atoms with Crippen LogP contribution in [0.3, 0.4) is 0 Å². The largest absolute Gasteiger partial charge is 0.493 e. The van der Waals surface area contributed by atoms with Crippen molar-refractivity contribution in [3.05, 3.63) is 53.6 Å². The zero-order chi connectivity index (χ0) is 22.3. The van der Waals surface area contributed by atoms with Crippen LogP contribution < -0.4 is 14.9 Å². The predicted molar refractivity (Wildman–Crippen MR) is 116 cm³/mol. The molecule has 0 saturated carbocycles. The van der Waals surface area contributed by atoms with Crippen molar-refractivity contribution in [2.45, 2.75) is 25.2 Å². The van der Waals surface area contributed by atoms with Gasteiger partial charge in [0.15, 0.2) is 11.5 Å². The summed E-state index contributed by atoms with van der Waals surface area (Å²) in [5, 5.41) is 4.16. The molecule has 0 aliphatic heterocycles. The van der Waals surface area contributed by atoms with E-state index in [1.54, 1.807) is 31.4 Å². The van der Waals surface area contributed by atoms with Crippen LogP contribution >= 0.6 is 0 Å². The number of carbonyl (C=O) groups is 1. The molecular weight excluding hydrogens is 406 g/mol. The highest BCUT2D eigenvalue weighted by Gasteiger charge is 2.22. The Bertz CT molecular complexity index is 1020. The Balaban J connectivity index is 2.10. The van der Waals surface area contributed by atoms with Gasteiger partial charge in [-0.15, -0.1) is 0 Å². The maximum absolute atomic E-state index is 12.6. The summed E-state index contributed by atoms with van der Waals surface area (Å²) in [5.74, 6) is 0.592. The van der Waals surface area contributed by atoms with E-state index < -0.39 is 15.9 Å². The minimum Gasteiger partial charge on any atom is -0.493 e. The SMILES string of the molecule is CC/C(=N\NC(=O)CN(C)S(=O)(=O)c1ccc(C)cc1)c1ccc(OC)c(OC)c1. The van der Waals surface area contributed by atoms with Crippen LogP contribution in [-0.2, 0) is 14.8 Å². The second-order valence-corrected chi connectivity index (χ2v) is 8.64. The summed E-state index contributed by atoms with van der Waals surface area (Å²) in [7, 11) is 0.672. The Kier molecular flexibility index (Phi) is 7.96. The van der Waals surface area contributed by atoms with Crippen LogP contribution in [0.15, 0.2) is 52.5 Å². The smallest absolute Gasteiger partial charge is 0.255 e. The summed E-state index contributed by atoms with van der Waals surface area (Å²) in [6.07, 6.45) is 0.549. The van der Waals surface area contributed by atoms with Crippen LogP contribution in [0, 0.1) is 6.92 Å². The molecule has 0 atom stereocenters. The maximum Gasteiger partial charge on any atom is 0.255 e. The summed E-state index contributed by atoms with van der Waals surface area (Å²) >= 11 is 0. The molecule has 2 aromatic rings. The molecule has 2 aromatic carbocycles. The van der Waals surface area contributed by atoms with Crippen molar-refractivity contribution in [2.75, 3.05) is 27.8 Å². The van der Waals surface area contributed by atoms with Crippen LogP contribution in [0.5, 0.6) is 11.5 Å². The molecule has 0 unspecified atom stereocenters. The minimum absolute atomic E-state index is 0.131. The highest BCUT2D eigenvalue weighted by Crippen LogP contribution is 2.28. The number of nitrogens with zero attached hydrogens (tertiary/aromatic N) is 2. The molecular formula is C21H27N3O5S. The number of hydrogen-bond donors (Lipinski definition) is 1. The number of nitrogens with one attached hydrogen (secondary N) is 1. The molecule has 0 fully saturated rings. The van der Waals surface area contributed by atoms with Gasteiger partial charge >= 0.3 is 0 Å². The van der Waals surface area contributed by atoms with Crippen molar-refractivity contribution in [3.63, 3.8) is 0 Å². The molecule has 8 nitrogen and oxygen atoms in total. The van der Waals surface area contributed by atoms with Gasteiger partial charge in [-0.3, -0.25) is 4.79 Å². The zero-order valence-corrected chi connectivity index (χ0v) is 18.6. The van der Waals surface area contributed by atoms with Gasteiger partial charge in [-0.2, -0.15) is 9.41 Å². The minimum atomic E-state index is -3.77. The highest BCUT2D eigenvalue weighted by atomic mass is 32.2. The monoisotopic (exact) mass is 433 g/mol. The van der Waals surface area contributed by atoms with E-state index in [0.29, 0.717) is 23.6 Å². The molecule has 0 saturated heterocycles. The molecule has 2 rings (SSSR count). The first-order chi connectivity index (χ1) is 14.2. The lowest BCUT2D eigenvalue weighted by Gasteiger charge is -2.16. The van der Waals surface area contributed by atoms with Crippen molar-refractivity contribution >= 4 is 21.6 Å². The number of hydrazone groups is 1. The van der Waals surface area contributed by atoms with Crippen LogP contribution in [0.2, 0.25) is 0 Å². The van der Waals surface area contributed by atoms with Gasteiger partial charge in [-0.05, 0) is 43.7 Å². The van der Waals surface area contributed by atoms with Crippen molar-refractivity contribution in [1.29, 1.82) is 0 Å². The Morgan fingerprint density at radius 3 is 2.27 bits per heavy atom. The van der Waals surface area contributed by atoms with Crippen LogP contribution in [0.1, 0.15) is 24.5 Å². The van der Waals surface area contributed by atoms with E-state index in [2.05, 4.69) is 10.5 Å². The lowest BCUT2D eigenvalue weighted by atomic mass is 10.1. The fourth-order valence-electron chi connectivity index (χ4n) is 2.71. The zero-order valence-electron chi connectivity index (χ0n) is 17.8. The first-order valence-electron chi connectivity index (χ1n) is 9.33. The number of rotatable bonds is 9. The van der Waals surface area contributed by atoms with Gasteiger partial charge in [0.05, 0.1) is 31.4 Å². The summed E-state index contributed by atoms with van der Waals surface area (Å²) in [5.41, 5.74) is 4.76. The number of carbonyl (C=O) groups excluding carboxylic acids is 1. The van der Waals surface area contributed by atoms with Crippen LogP contribution in [0.4, 0.5) is 0 Å². The molecule has 1 amide bonds. The molecule has 0 heterocycles. The Hall–Kier alpha value is -2.91. The fourth-order valence-corrected chi connectivity index (χ4v) is 3.83. The fraction of sp³-hybridized carbons (Fsp3) is 0.333. The maximum atomic E-state index is 12.6. The molecule has 0 bridgehead atoms. The predicted octanol–water partition coefficient (Wildman–Crippen LogP) is 2.56. The van der Waals surface area contributed by atoms with Crippen molar-refractivity contribution < 1.29 is 22.7 Å². The Morgan fingerprint density at radius 1 is 1.07 bits per heavy atom. The average Bonchev–Trinajstić information content (AvgIpc) is 2.74. The van der Waals surface area contributed by atoms with Gasteiger partial charge in [0.25, 0.3) is 5.91 Å². The quantitative estimate of drug-likeness (QED) is 0.484. The van der Waals surface area contributed by atoms with E-state index in [1.165, 1.54) is 26.3 Å². The van der Waals surface area contributed by atoms with Gasteiger partial charge in [0, 0.05) is 12.6 Å². The molecule has 0 radical (unpaired) electrons. The van der Waals surface area contributed by atoms with Crippen molar-refractivity contribution in [2.24, 2.45) is 5.10 Å². The van der Waals surface area contributed by atoms with Crippen LogP contribution in [-0.4, -0.2) is 52.2 Å².